The maximum atomic E-state index is 11.8. The van der Waals surface area contributed by atoms with E-state index in [0.29, 0.717) is 24.1 Å². The molecule has 0 aliphatic rings. The van der Waals surface area contributed by atoms with Gasteiger partial charge in [0.2, 0.25) is 11.0 Å². The predicted octanol–water partition coefficient (Wildman–Crippen LogP) is 2.51. The average molecular weight is 364 g/mol. The van der Waals surface area contributed by atoms with Crippen LogP contribution in [0.4, 0.5) is 5.69 Å². The van der Waals surface area contributed by atoms with E-state index in [1.807, 2.05) is 6.07 Å². The zero-order chi connectivity index (χ0) is 18.2. The van der Waals surface area contributed by atoms with Gasteiger partial charge < -0.3 is 19.9 Å². The molecule has 0 aliphatic heterocycles. The number of hydrogen-bond acceptors (Lipinski definition) is 6. The van der Waals surface area contributed by atoms with Gasteiger partial charge >= 0.3 is 5.97 Å². The largest absolute Gasteiger partial charge is 0.493 e. The molecule has 25 heavy (non-hydrogen) atoms. The number of nitrogens with one attached hydrogen (secondary N) is 1. The lowest BCUT2D eigenvalue weighted by Crippen LogP contribution is -2.23. The minimum atomic E-state index is -0.446. The molecule has 0 bridgehead atoms. The molecule has 0 fully saturated rings. The molecule has 0 saturated carbocycles. The summed E-state index contributed by atoms with van der Waals surface area (Å²) in [5, 5.41) is 22.1. The number of aromatic nitrogens is 1. The summed E-state index contributed by atoms with van der Waals surface area (Å²) >= 11 is 5.05. The number of ether oxygens (including phenoxy) is 2. The number of esters is 1. The SMILES string of the molecule is CCOC(=O)Cn1c(O)c(N=NC(=S)NCCOC)c2ccccc21. The van der Waals surface area contributed by atoms with Crippen LogP contribution >= 0.6 is 12.2 Å². The quantitative estimate of drug-likeness (QED) is 0.339. The minimum Gasteiger partial charge on any atom is -0.493 e. The van der Waals surface area contributed by atoms with Crippen LogP contribution in [0, 0.1) is 0 Å². The van der Waals surface area contributed by atoms with Crippen molar-refractivity contribution in [3.05, 3.63) is 24.3 Å². The van der Waals surface area contributed by atoms with Crippen molar-refractivity contribution in [2.75, 3.05) is 26.9 Å². The molecule has 0 aliphatic carbocycles. The molecular weight excluding hydrogens is 344 g/mol. The van der Waals surface area contributed by atoms with Gasteiger partial charge in [-0.05, 0) is 25.2 Å². The van der Waals surface area contributed by atoms with Crippen molar-refractivity contribution in [1.82, 2.24) is 9.88 Å². The molecule has 0 spiro atoms. The lowest BCUT2D eigenvalue weighted by atomic mass is 10.2. The Kier molecular flexibility index (Phi) is 6.84. The maximum absolute atomic E-state index is 11.8. The Balaban J connectivity index is 2.29. The Morgan fingerprint density at radius 3 is 2.88 bits per heavy atom. The fourth-order valence-electron chi connectivity index (χ4n) is 2.26. The molecule has 0 unspecified atom stereocenters. The summed E-state index contributed by atoms with van der Waals surface area (Å²) in [4.78, 5) is 11.8. The fraction of sp³-hybridized carbons (Fsp3) is 0.375. The van der Waals surface area contributed by atoms with Crippen molar-refractivity contribution in [1.29, 1.82) is 0 Å². The van der Waals surface area contributed by atoms with Gasteiger partial charge in [0, 0.05) is 19.0 Å². The first kappa shape index (κ1) is 18.8. The Morgan fingerprint density at radius 2 is 2.16 bits per heavy atom. The molecule has 2 rings (SSSR count). The highest BCUT2D eigenvalue weighted by Gasteiger charge is 2.18. The highest BCUT2D eigenvalue weighted by Crippen LogP contribution is 2.38. The van der Waals surface area contributed by atoms with E-state index in [0.717, 1.165) is 0 Å². The standard InChI is InChI=1S/C16H20N4O4S/c1-3-24-13(21)10-20-12-7-5-4-6-11(12)14(15(20)22)18-19-16(25)17-8-9-23-2/h4-7,22H,3,8-10H2,1-2H3,(H,17,25). The van der Waals surface area contributed by atoms with Crippen molar-refractivity contribution < 1.29 is 19.4 Å². The minimum absolute atomic E-state index is 0.119. The monoisotopic (exact) mass is 364 g/mol. The highest BCUT2D eigenvalue weighted by molar-refractivity contribution is 7.80. The number of thiocarbonyl (C=S) groups is 1. The van der Waals surface area contributed by atoms with Gasteiger partial charge in [-0.15, -0.1) is 10.2 Å². The van der Waals surface area contributed by atoms with E-state index in [1.165, 1.54) is 4.57 Å². The van der Waals surface area contributed by atoms with Gasteiger partial charge in [-0.1, -0.05) is 18.2 Å². The Bertz CT molecular complexity index is 788. The molecule has 9 heteroatoms. The Morgan fingerprint density at radius 1 is 1.40 bits per heavy atom. The Labute approximate surface area is 150 Å². The average Bonchev–Trinajstić information content (AvgIpc) is 2.85. The van der Waals surface area contributed by atoms with Crippen LogP contribution in [0.25, 0.3) is 10.9 Å². The van der Waals surface area contributed by atoms with E-state index in [2.05, 4.69) is 15.5 Å². The third-order valence-corrected chi connectivity index (χ3v) is 3.56. The molecular formula is C16H20N4O4S. The molecule has 1 aromatic carbocycles. The van der Waals surface area contributed by atoms with Crippen LogP contribution in [-0.4, -0.2) is 47.6 Å². The number of carbonyl (C=O) groups excluding carboxylic acids is 1. The number of carbonyl (C=O) groups is 1. The molecule has 1 heterocycles. The molecule has 0 radical (unpaired) electrons. The molecule has 0 saturated heterocycles. The number of benzene rings is 1. The zero-order valence-corrected chi connectivity index (χ0v) is 14.9. The number of fused-ring (bicyclic) bond motifs is 1. The van der Waals surface area contributed by atoms with Crippen LogP contribution < -0.4 is 5.32 Å². The summed E-state index contributed by atoms with van der Waals surface area (Å²) < 4.78 is 11.3. The van der Waals surface area contributed by atoms with Crippen LogP contribution in [0.1, 0.15) is 6.92 Å². The fourth-order valence-corrected chi connectivity index (χ4v) is 2.40. The van der Waals surface area contributed by atoms with Crippen LogP contribution in [0.5, 0.6) is 5.88 Å². The Hall–Kier alpha value is -2.52. The molecule has 1 aromatic heterocycles. The summed E-state index contributed by atoms with van der Waals surface area (Å²) in [6, 6.07) is 7.18. The maximum Gasteiger partial charge on any atom is 0.326 e. The van der Waals surface area contributed by atoms with Gasteiger partial charge in [0.25, 0.3) is 0 Å². The van der Waals surface area contributed by atoms with Gasteiger partial charge in [-0.2, -0.15) is 0 Å². The first-order valence-corrected chi connectivity index (χ1v) is 8.13. The van der Waals surface area contributed by atoms with Crippen molar-refractivity contribution in [2.45, 2.75) is 13.5 Å². The molecule has 2 aromatic rings. The smallest absolute Gasteiger partial charge is 0.326 e. The predicted molar refractivity (Wildman–Crippen MR) is 97.2 cm³/mol. The lowest BCUT2D eigenvalue weighted by molar-refractivity contribution is -0.143. The van der Waals surface area contributed by atoms with Gasteiger partial charge in [0.15, 0.2) is 5.69 Å². The summed E-state index contributed by atoms with van der Waals surface area (Å²) in [5.41, 5.74) is 0.899. The first-order chi connectivity index (χ1) is 12.1. The number of aromatic hydroxyl groups is 1. The molecule has 0 amide bonds. The number of rotatable bonds is 7. The first-order valence-electron chi connectivity index (χ1n) is 7.72. The number of azo groups is 1. The summed E-state index contributed by atoms with van der Waals surface area (Å²) in [7, 11) is 1.59. The summed E-state index contributed by atoms with van der Waals surface area (Å²) in [6.07, 6.45) is 0. The number of para-hydroxylation sites is 1. The van der Waals surface area contributed by atoms with Gasteiger partial charge in [-0.25, -0.2) is 0 Å². The van der Waals surface area contributed by atoms with Crippen LogP contribution in [-0.2, 0) is 20.8 Å². The van der Waals surface area contributed by atoms with E-state index in [1.54, 1.807) is 32.2 Å². The van der Waals surface area contributed by atoms with E-state index in [-0.39, 0.29) is 29.8 Å². The summed E-state index contributed by atoms with van der Waals surface area (Å²) in [5.74, 6) is -0.614. The van der Waals surface area contributed by atoms with Crippen molar-refractivity contribution in [2.24, 2.45) is 10.2 Å². The van der Waals surface area contributed by atoms with Gasteiger partial charge in [0.05, 0.1) is 18.7 Å². The highest BCUT2D eigenvalue weighted by atomic mass is 32.1. The third-order valence-electron chi connectivity index (χ3n) is 3.33. The van der Waals surface area contributed by atoms with Crippen molar-refractivity contribution >= 4 is 39.9 Å². The number of hydrogen-bond donors (Lipinski definition) is 2. The lowest BCUT2D eigenvalue weighted by Gasteiger charge is -2.06. The number of methoxy groups -OCH3 is 1. The second-order valence-corrected chi connectivity index (χ2v) is 5.39. The van der Waals surface area contributed by atoms with Crippen LogP contribution in [0.3, 0.4) is 0 Å². The zero-order valence-electron chi connectivity index (χ0n) is 14.1. The van der Waals surface area contributed by atoms with E-state index >= 15 is 0 Å². The summed E-state index contributed by atoms with van der Waals surface area (Å²) in [6.45, 7) is 2.87. The van der Waals surface area contributed by atoms with Crippen molar-refractivity contribution in [3.8, 4) is 5.88 Å². The van der Waals surface area contributed by atoms with Gasteiger partial charge in [-0.3, -0.25) is 9.36 Å². The van der Waals surface area contributed by atoms with Crippen LogP contribution in [0.2, 0.25) is 0 Å². The van der Waals surface area contributed by atoms with Gasteiger partial charge in [0.1, 0.15) is 6.54 Å². The molecule has 8 nitrogen and oxygen atoms in total. The molecule has 134 valence electrons. The second kappa shape index (κ2) is 9.09. The van der Waals surface area contributed by atoms with Crippen LogP contribution in [0.15, 0.2) is 34.5 Å². The molecule has 2 N–H and O–H groups in total. The second-order valence-electron chi connectivity index (χ2n) is 5.01. The van der Waals surface area contributed by atoms with E-state index < -0.39 is 5.97 Å². The molecule has 0 atom stereocenters. The number of nitrogens with zero attached hydrogens (tertiary/aromatic N) is 3. The topological polar surface area (TPSA) is 97.4 Å². The normalized spacial score (nSPS) is 11.1. The van der Waals surface area contributed by atoms with E-state index in [4.69, 9.17) is 21.7 Å². The third kappa shape index (κ3) is 4.74. The van der Waals surface area contributed by atoms with Crippen molar-refractivity contribution in [3.63, 3.8) is 0 Å². The van der Waals surface area contributed by atoms with E-state index in [9.17, 15) is 9.90 Å².